The van der Waals surface area contributed by atoms with Crippen molar-refractivity contribution >= 4 is 11.8 Å². The molecular formula is C15H20O5S. The number of thioether (sulfide) groups is 1. The summed E-state index contributed by atoms with van der Waals surface area (Å²) in [5, 5.41) is 20.6. The molecule has 0 aliphatic carbocycles. The van der Waals surface area contributed by atoms with Gasteiger partial charge in [0.2, 0.25) is 0 Å². The van der Waals surface area contributed by atoms with Gasteiger partial charge in [0, 0.05) is 4.90 Å². The Morgan fingerprint density at radius 1 is 1.14 bits per heavy atom. The summed E-state index contributed by atoms with van der Waals surface area (Å²) in [4.78, 5) is 0.977. The van der Waals surface area contributed by atoms with E-state index in [2.05, 4.69) is 0 Å². The summed E-state index contributed by atoms with van der Waals surface area (Å²) in [6.45, 7) is 3.91. The summed E-state index contributed by atoms with van der Waals surface area (Å²) in [5.41, 5.74) is -0.544. The molecule has 5 atom stereocenters. The molecule has 0 aromatic heterocycles. The molecular weight excluding hydrogens is 292 g/mol. The number of rotatable bonds is 2. The van der Waals surface area contributed by atoms with Crippen molar-refractivity contribution in [3.05, 3.63) is 30.3 Å². The van der Waals surface area contributed by atoms with E-state index in [-0.39, 0.29) is 6.10 Å². The van der Waals surface area contributed by atoms with Crippen LogP contribution in [0.25, 0.3) is 0 Å². The zero-order valence-corrected chi connectivity index (χ0v) is 12.8. The van der Waals surface area contributed by atoms with E-state index in [0.29, 0.717) is 6.61 Å². The van der Waals surface area contributed by atoms with E-state index in [1.807, 2.05) is 30.3 Å². The Bertz CT molecular complexity index is 478. The highest BCUT2D eigenvalue weighted by Gasteiger charge is 2.50. The molecule has 1 aromatic rings. The van der Waals surface area contributed by atoms with Gasteiger partial charge in [-0.1, -0.05) is 30.0 Å². The average Bonchev–Trinajstić information content (AvgIpc) is 2.46. The van der Waals surface area contributed by atoms with Crippen LogP contribution >= 0.6 is 11.8 Å². The molecule has 21 heavy (non-hydrogen) atoms. The smallest absolute Gasteiger partial charge is 0.163 e. The molecule has 2 fully saturated rings. The van der Waals surface area contributed by atoms with E-state index in [4.69, 9.17) is 14.2 Å². The normalized spacial score (nSPS) is 38.8. The fraction of sp³-hybridized carbons (Fsp3) is 0.600. The van der Waals surface area contributed by atoms with E-state index in [1.54, 1.807) is 13.8 Å². The van der Waals surface area contributed by atoms with Gasteiger partial charge in [0.1, 0.15) is 29.9 Å². The van der Waals surface area contributed by atoms with Gasteiger partial charge in [-0.3, -0.25) is 0 Å². The maximum Gasteiger partial charge on any atom is 0.163 e. The van der Waals surface area contributed by atoms with Crippen molar-refractivity contribution < 1.29 is 24.4 Å². The lowest BCUT2D eigenvalue weighted by atomic mass is 9.98. The lowest BCUT2D eigenvalue weighted by Gasteiger charge is -2.48. The Morgan fingerprint density at radius 2 is 1.86 bits per heavy atom. The van der Waals surface area contributed by atoms with E-state index in [9.17, 15) is 10.2 Å². The maximum absolute atomic E-state index is 10.3. The van der Waals surface area contributed by atoms with E-state index in [0.717, 1.165) is 4.90 Å². The van der Waals surface area contributed by atoms with Gasteiger partial charge >= 0.3 is 0 Å². The first-order chi connectivity index (χ1) is 9.96. The fourth-order valence-corrected chi connectivity index (χ4v) is 3.64. The third-order valence-electron chi connectivity index (χ3n) is 3.65. The average molecular weight is 312 g/mol. The van der Waals surface area contributed by atoms with Crippen molar-refractivity contribution in [2.75, 3.05) is 6.61 Å². The summed E-state index contributed by atoms with van der Waals surface area (Å²) in [7, 11) is 0. The van der Waals surface area contributed by atoms with Crippen LogP contribution in [0, 0.1) is 0 Å². The fourth-order valence-electron chi connectivity index (χ4n) is 2.56. The molecule has 6 heteroatoms. The van der Waals surface area contributed by atoms with Crippen LogP contribution in [0.3, 0.4) is 0 Å². The summed E-state index contributed by atoms with van der Waals surface area (Å²) >= 11 is 1.39. The second-order valence-corrected chi connectivity index (χ2v) is 6.92. The van der Waals surface area contributed by atoms with Crippen LogP contribution in [0.15, 0.2) is 35.2 Å². The standard InChI is InChI=1S/C15H20O5S/c1-15(2)18-8-10-13(20-15)11(16)12(17)14(19-10)21-9-6-4-3-5-7-9/h3-7,10-14,16-17H,8H2,1-2H3. The Kier molecular flexibility index (Phi) is 4.27. The molecule has 2 N–H and O–H groups in total. The first-order valence-electron chi connectivity index (χ1n) is 7.01. The van der Waals surface area contributed by atoms with Gasteiger partial charge in [-0.25, -0.2) is 0 Å². The predicted molar refractivity (Wildman–Crippen MR) is 77.9 cm³/mol. The van der Waals surface area contributed by atoms with Crippen LogP contribution in [-0.2, 0) is 14.2 Å². The lowest BCUT2D eigenvalue weighted by Crippen LogP contribution is -2.63. The quantitative estimate of drug-likeness (QED) is 0.860. The Labute approximate surface area is 128 Å². The third kappa shape index (κ3) is 3.26. The van der Waals surface area contributed by atoms with Crippen molar-refractivity contribution in [3.8, 4) is 0 Å². The molecule has 1 aromatic carbocycles. The summed E-state index contributed by atoms with van der Waals surface area (Å²) in [5.74, 6) is -0.773. The van der Waals surface area contributed by atoms with Crippen LogP contribution in [0.5, 0.6) is 0 Å². The minimum absolute atomic E-state index is 0.341. The predicted octanol–water partition coefficient (Wildman–Crippen LogP) is 1.38. The molecule has 3 rings (SSSR count). The van der Waals surface area contributed by atoms with E-state index >= 15 is 0 Å². The van der Waals surface area contributed by atoms with Crippen molar-refractivity contribution in [2.24, 2.45) is 0 Å². The molecule has 2 saturated heterocycles. The van der Waals surface area contributed by atoms with Crippen molar-refractivity contribution in [1.82, 2.24) is 0 Å². The third-order valence-corrected chi connectivity index (χ3v) is 4.82. The minimum Gasteiger partial charge on any atom is -0.387 e. The number of ether oxygens (including phenoxy) is 3. The van der Waals surface area contributed by atoms with Gasteiger partial charge in [-0.2, -0.15) is 0 Å². The molecule has 5 nitrogen and oxygen atoms in total. The monoisotopic (exact) mass is 312 g/mol. The molecule has 0 spiro atoms. The minimum atomic E-state index is -1.01. The molecule has 2 aliphatic heterocycles. The van der Waals surface area contributed by atoms with Gasteiger partial charge in [-0.15, -0.1) is 0 Å². The van der Waals surface area contributed by atoms with Gasteiger partial charge in [0.25, 0.3) is 0 Å². The number of hydrogen-bond donors (Lipinski definition) is 2. The second kappa shape index (κ2) is 5.87. The highest BCUT2D eigenvalue weighted by Crippen LogP contribution is 2.37. The molecule has 116 valence electrons. The van der Waals surface area contributed by atoms with Gasteiger partial charge in [0.15, 0.2) is 5.79 Å². The maximum atomic E-state index is 10.3. The van der Waals surface area contributed by atoms with Crippen molar-refractivity contribution in [1.29, 1.82) is 0 Å². The largest absolute Gasteiger partial charge is 0.387 e. The van der Waals surface area contributed by atoms with Crippen LogP contribution < -0.4 is 0 Å². The molecule has 0 saturated carbocycles. The van der Waals surface area contributed by atoms with Crippen LogP contribution in [0.2, 0.25) is 0 Å². The summed E-state index contributed by atoms with van der Waals surface area (Å²) in [6.07, 6.45) is -2.95. The topological polar surface area (TPSA) is 68.2 Å². The SMILES string of the molecule is CC1(C)OCC2OC(Sc3ccccc3)C(O)C(O)C2O1. The molecule has 0 radical (unpaired) electrons. The van der Waals surface area contributed by atoms with E-state index in [1.165, 1.54) is 11.8 Å². The number of hydrogen-bond acceptors (Lipinski definition) is 6. The molecule has 0 bridgehead atoms. The highest BCUT2D eigenvalue weighted by atomic mass is 32.2. The molecule has 5 unspecified atom stereocenters. The first-order valence-corrected chi connectivity index (χ1v) is 7.89. The molecule has 2 heterocycles. The lowest BCUT2D eigenvalue weighted by molar-refractivity contribution is -0.350. The number of aliphatic hydroxyl groups excluding tert-OH is 2. The number of benzene rings is 1. The Morgan fingerprint density at radius 3 is 2.57 bits per heavy atom. The zero-order chi connectivity index (χ0) is 15.0. The first kappa shape index (κ1) is 15.3. The molecule has 0 amide bonds. The van der Waals surface area contributed by atoms with Crippen LogP contribution in [0.4, 0.5) is 0 Å². The number of aliphatic hydroxyl groups is 2. The van der Waals surface area contributed by atoms with Crippen molar-refractivity contribution in [3.63, 3.8) is 0 Å². The van der Waals surface area contributed by atoms with E-state index < -0.39 is 29.5 Å². The Hall–Kier alpha value is -0.630. The van der Waals surface area contributed by atoms with Gasteiger partial charge < -0.3 is 24.4 Å². The Balaban J connectivity index is 1.72. The van der Waals surface area contributed by atoms with Crippen molar-refractivity contribution in [2.45, 2.75) is 54.4 Å². The highest BCUT2D eigenvalue weighted by molar-refractivity contribution is 7.99. The van der Waals surface area contributed by atoms with Crippen LogP contribution in [0.1, 0.15) is 13.8 Å². The van der Waals surface area contributed by atoms with Gasteiger partial charge in [-0.05, 0) is 26.0 Å². The summed E-state index contributed by atoms with van der Waals surface area (Å²) < 4.78 is 17.1. The second-order valence-electron chi connectivity index (χ2n) is 5.75. The summed E-state index contributed by atoms with van der Waals surface area (Å²) in [6, 6.07) is 9.66. The number of fused-ring (bicyclic) bond motifs is 1. The molecule has 2 aliphatic rings. The zero-order valence-electron chi connectivity index (χ0n) is 12.0. The van der Waals surface area contributed by atoms with Gasteiger partial charge in [0.05, 0.1) is 6.61 Å². The van der Waals surface area contributed by atoms with Crippen LogP contribution in [-0.4, -0.2) is 52.5 Å².